The number of carboxylic acids is 1. The zero-order valence-corrected chi connectivity index (χ0v) is 14.5. The highest BCUT2D eigenvalue weighted by atomic mass is 35.5. The summed E-state index contributed by atoms with van der Waals surface area (Å²) >= 11 is 5.87. The van der Waals surface area contributed by atoms with E-state index in [1.807, 2.05) is 19.9 Å². The predicted octanol–water partition coefficient (Wildman–Crippen LogP) is 3.77. The van der Waals surface area contributed by atoms with Crippen molar-refractivity contribution in [3.05, 3.63) is 52.3 Å². The molecule has 0 aliphatic heterocycles. The fourth-order valence-electron chi connectivity index (χ4n) is 2.56. The van der Waals surface area contributed by atoms with Crippen LogP contribution in [-0.2, 0) is 6.42 Å². The first-order valence-electron chi connectivity index (χ1n) is 7.70. The second kappa shape index (κ2) is 6.98. The minimum Gasteiger partial charge on any atom is -0.477 e. The Hall–Kier alpha value is -2.80. The van der Waals surface area contributed by atoms with Gasteiger partial charge in [0.1, 0.15) is 0 Å². The van der Waals surface area contributed by atoms with Crippen LogP contribution in [0.15, 0.2) is 34.9 Å². The maximum atomic E-state index is 11.7. The standard InChI is InChI=1S/C17H17ClN4O3/c1-9(7-13-8-10(2)20-21-13)19-16-14(17(23)24)15(25-22-16)11-3-5-12(18)6-4-11/h3-6,8-9H,7H2,1-2H3,(H,19,22)(H,20,21)(H,23,24). The Kier molecular flexibility index (Phi) is 4.76. The lowest BCUT2D eigenvalue weighted by Gasteiger charge is -2.11. The van der Waals surface area contributed by atoms with E-state index >= 15 is 0 Å². The van der Waals surface area contributed by atoms with Gasteiger partial charge in [-0.05, 0) is 44.2 Å². The van der Waals surface area contributed by atoms with Crippen molar-refractivity contribution in [1.29, 1.82) is 0 Å². The number of benzene rings is 1. The molecule has 1 unspecified atom stereocenters. The first-order valence-corrected chi connectivity index (χ1v) is 8.08. The molecule has 1 atom stereocenters. The summed E-state index contributed by atoms with van der Waals surface area (Å²) in [5.74, 6) is -0.733. The lowest BCUT2D eigenvalue weighted by molar-refractivity contribution is 0.0698. The van der Waals surface area contributed by atoms with Crippen LogP contribution in [0.3, 0.4) is 0 Å². The summed E-state index contributed by atoms with van der Waals surface area (Å²) in [6, 6.07) is 8.58. The number of halogens is 1. The van der Waals surface area contributed by atoms with Gasteiger partial charge in [0, 0.05) is 28.7 Å². The number of aromatic carboxylic acids is 1. The van der Waals surface area contributed by atoms with Crippen LogP contribution in [0.5, 0.6) is 0 Å². The van der Waals surface area contributed by atoms with E-state index in [0.29, 0.717) is 17.0 Å². The number of aromatic nitrogens is 3. The number of hydrogen-bond donors (Lipinski definition) is 3. The van der Waals surface area contributed by atoms with E-state index in [-0.39, 0.29) is 23.2 Å². The van der Waals surface area contributed by atoms with Gasteiger partial charge in [-0.3, -0.25) is 5.10 Å². The molecule has 0 aliphatic rings. The smallest absolute Gasteiger partial charge is 0.343 e. The Morgan fingerprint density at radius 1 is 1.40 bits per heavy atom. The molecule has 0 saturated carbocycles. The molecular weight excluding hydrogens is 344 g/mol. The molecule has 0 fully saturated rings. The fourth-order valence-corrected chi connectivity index (χ4v) is 2.69. The second-order valence-electron chi connectivity index (χ2n) is 5.84. The fraction of sp³-hybridized carbons (Fsp3) is 0.235. The van der Waals surface area contributed by atoms with Crippen molar-refractivity contribution in [1.82, 2.24) is 15.4 Å². The molecular formula is C17H17ClN4O3. The van der Waals surface area contributed by atoms with Crippen LogP contribution >= 0.6 is 11.6 Å². The van der Waals surface area contributed by atoms with E-state index in [1.165, 1.54) is 0 Å². The molecule has 3 aromatic rings. The van der Waals surface area contributed by atoms with Crippen LogP contribution < -0.4 is 5.32 Å². The van der Waals surface area contributed by atoms with Gasteiger partial charge < -0.3 is 14.9 Å². The number of anilines is 1. The summed E-state index contributed by atoms with van der Waals surface area (Å²) in [7, 11) is 0. The number of aryl methyl sites for hydroxylation is 1. The minimum absolute atomic E-state index is 0.00705. The molecule has 130 valence electrons. The molecule has 0 spiro atoms. The number of carbonyl (C=O) groups is 1. The highest BCUT2D eigenvalue weighted by Gasteiger charge is 2.25. The third-order valence-electron chi connectivity index (χ3n) is 3.67. The predicted molar refractivity (Wildman–Crippen MR) is 94.0 cm³/mol. The Labute approximate surface area is 149 Å². The first-order chi connectivity index (χ1) is 11.9. The minimum atomic E-state index is -1.11. The lowest BCUT2D eigenvalue weighted by atomic mass is 10.1. The SMILES string of the molecule is Cc1cc(CC(C)Nc2noc(-c3ccc(Cl)cc3)c2C(=O)O)n[nH]1. The van der Waals surface area contributed by atoms with Gasteiger partial charge in [0.25, 0.3) is 0 Å². The average molecular weight is 361 g/mol. The Balaban J connectivity index is 1.84. The number of carboxylic acid groups (broad SMARTS) is 1. The van der Waals surface area contributed by atoms with Gasteiger partial charge >= 0.3 is 5.97 Å². The first kappa shape index (κ1) is 17.0. The zero-order valence-electron chi connectivity index (χ0n) is 13.7. The molecule has 2 heterocycles. The van der Waals surface area contributed by atoms with Gasteiger partial charge in [-0.15, -0.1) is 0 Å². The van der Waals surface area contributed by atoms with Gasteiger partial charge in [0.2, 0.25) is 0 Å². The van der Waals surface area contributed by atoms with Crippen molar-refractivity contribution in [2.24, 2.45) is 0 Å². The van der Waals surface area contributed by atoms with Gasteiger partial charge in [-0.1, -0.05) is 16.8 Å². The van der Waals surface area contributed by atoms with E-state index in [9.17, 15) is 9.90 Å². The molecule has 25 heavy (non-hydrogen) atoms. The molecule has 1 aromatic carbocycles. The maximum Gasteiger partial charge on any atom is 0.343 e. The van der Waals surface area contributed by atoms with Crippen molar-refractivity contribution in [2.75, 3.05) is 5.32 Å². The average Bonchev–Trinajstić information content (AvgIpc) is 3.14. The Morgan fingerprint density at radius 3 is 2.72 bits per heavy atom. The highest BCUT2D eigenvalue weighted by molar-refractivity contribution is 6.30. The lowest BCUT2D eigenvalue weighted by Crippen LogP contribution is -2.20. The molecule has 3 rings (SSSR count). The molecule has 0 aliphatic carbocycles. The molecule has 7 nitrogen and oxygen atoms in total. The van der Waals surface area contributed by atoms with Gasteiger partial charge in [-0.2, -0.15) is 5.10 Å². The maximum absolute atomic E-state index is 11.7. The van der Waals surface area contributed by atoms with Gasteiger partial charge in [0.05, 0.1) is 5.69 Å². The zero-order chi connectivity index (χ0) is 18.0. The number of aromatic amines is 1. The summed E-state index contributed by atoms with van der Waals surface area (Å²) in [6.07, 6.45) is 0.618. The van der Waals surface area contributed by atoms with Gasteiger partial charge in [-0.25, -0.2) is 4.79 Å². The molecule has 8 heteroatoms. The second-order valence-corrected chi connectivity index (χ2v) is 6.28. The van der Waals surface area contributed by atoms with Crippen molar-refractivity contribution >= 4 is 23.4 Å². The van der Waals surface area contributed by atoms with E-state index in [2.05, 4.69) is 20.7 Å². The van der Waals surface area contributed by atoms with Gasteiger partial charge in [0.15, 0.2) is 17.1 Å². The summed E-state index contributed by atoms with van der Waals surface area (Å²) in [4.78, 5) is 11.7. The third-order valence-corrected chi connectivity index (χ3v) is 3.92. The van der Waals surface area contributed by atoms with Crippen LogP contribution in [0.2, 0.25) is 5.02 Å². The summed E-state index contributed by atoms with van der Waals surface area (Å²) in [5, 5.41) is 24.2. The van der Waals surface area contributed by atoms with Crippen LogP contribution in [0.4, 0.5) is 5.82 Å². The van der Waals surface area contributed by atoms with Crippen LogP contribution in [0.1, 0.15) is 28.7 Å². The van der Waals surface area contributed by atoms with Crippen LogP contribution in [-0.4, -0.2) is 32.5 Å². The van der Waals surface area contributed by atoms with E-state index in [1.54, 1.807) is 24.3 Å². The number of nitrogens with zero attached hydrogens (tertiary/aromatic N) is 2. The summed E-state index contributed by atoms with van der Waals surface area (Å²) < 4.78 is 5.28. The molecule has 0 saturated heterocycles. The van der Waals surface area contributed by atoms with Crippen molar-refractivity contribution < 1.29 is 14.4 Å². The molecule has 3 N–H and O–H groups in total. The summed E-state index contributed by atoms with van der Waals surface area (Å²) in [6.45, 7) is 3.85. The van der Waals surface area contributed by atoms with E-state index in [0.717, 1.165) is 11.4 Å². The van der Waals surface area contributed by atoms with Crippen molar-refractivity contribution in [3.8, 4) is 11.3 Å². The van der Waals surface area contributed by atoms with E-state index in [4.69, 9.17) is 16.1 Å². The summed E-state index contributed by atoms with van der Waals surface area (Å²) in [5.41, 5.74) is 2.45. The monoisotopic (exact) mass is 360 g/mol. The molecule has 0 amide bonds. The Morgan fingerprint density at radius 2 is 2.12 bits per heavy atom. The van der Waals surface area contributed by atoms with Crippen LogP contribution in [0, 0.1) is 6.92 Å². The molecule has 0 bridgehead atoms. The Bertz CT molecular complexity index is 886. The van der Waals surface area contributed by atoms with E-state index < -0.39 is 5.97 Å². The van der Waals surface area contributed by atoms with Crippen LogP contribution in [0.25, 0.3) is 11.3 Å². The van der Waals surface area contributed by atoms with Crippen molar-refractivity contribution in [3.63, 3.8) is 0 Å². The third kappa shape index (κ3) is 3.83. The normalized spacial score (nSPS) is 12.1. The number of nitrogens with one attached hydrogen (secondary N) is 2. The number of rotatable bonds is 6. The number of H-pyrrole nitrogens is 1. The highest BCUT2D eigenvalue weighted by Crippen LogP contribution is 2.30. The molecule has 2 aromatic heterocycles. The number of hydrogen-bond acceptors (Lipinski definition) is 5. The molecule has 0 radical (unpaired) electrons. The quantitative estimate of drug-likeness (QED) is 0.618. The largest absolute Gasteiger partial charge is 0.477 e. The topological polar surface area (TPSA) is 104 Å². The van der Waals surface area contributed by atoms with Crippen molar-refractivity contribution in [2.45, 2.75) is 26.3 Å².